The summed E-state index contributed by atoms with van der Waals surface area (Å²) in [6.07, 6.45) is 2.69. The third-order valence-electron chi connectivity index (χ3n) is 3.23. The smallest absolute Gasteiger partial charge is 0.434 e. The van der Waals surface area contributed by atoms with Gasteiger partial charge in [-0.15, -0.1) is 0 Å². The van der Waals surface area contributed by atoms with Crippen molar-refractivity contribution >= 4 is 12.0 Å². The minimum Gasteiger partial charge on any atom is -0.481 e. The van der Waals surface area contributed by atoms with Gasteiger partial charge < -0.3 is 14.8 Å². The summed E-state index contributed by atoms with van der Waals surface area (Å²) in [6, 6.07) is 3.54. The van der Waals surface area contributed by atoms with E-state index in [2.05, 4.69) is 10.3 Å². The van der Waals surface area contributed by atoms with Crippen LogP contribution in [0.2, 0.25) is 0 Å². The first-order valence-electron chi connectivity index (χ1n) is 7.88. The minimum atomic E-state index is -0.604. The predicted octanol–water partition coefficient (Wildman–Crippen LogP) is 1.82. The molecule has 136 valence electrons. The molecule has 0 fully saturated rings. The van der Waals surface area contributed by atoms with Gasteiger partial charge in [-0.05, 0) is 32.4 Å². The molecule has 8 nitrogen and oxygen atoms in total. The van der Waals surface area contributed by atoms with Crippen LogP contribution in [0.25, 0.3) is 0 Å². The molecule has 1 aromatic heterocycles. The van der Waals surface area contributed by atoms with Crippen LogP contribution in [0, 0.1) is 0 Å². The van der Waals surface area contributed by atoms with E-state index in [1.54, 1.807) is 45.2 Å². The molecule has 0 saturated heterocycles. The minimum absolute atomic E-state index is 0.00470. The molecule has 2 heterocycles. The van der Waals surface area contributed by atoms with Gasteiger partial charge in [0.2, 0.25) is 11.8 Å². The number of hydrogen-bond donors (Lipinski definition) is 1. The summed E-state index contributed by atoms with van der Waals surface area (Å²) in [6.45, 7) is 5.82. The number of amides is 2. The van der Waals surface area contributed by atoms with Crippen molar-refractivity contribution in [2.24, 2.45) is 0 Å². The van der Waals surface area contributed by atoms with Crippen molar-refractivity contribution in [2.75, 3.05) is 20.3 Å². The number of hydroxylamine groups is 2. The van der Waals surface area contributed by atoms with Gasteiger partial charge in [0.05, 0.1) is 13.7 Å². The van der Waals surface area contributed by atoms with E-state index in [1.165, 1.54) is 7.11 Å². The fourth-order valence-corrected chi connectivity index (χ4v) is 2.02. The molecule has 0 spiro atoms. The Hall–Kier alpha value is -2.61. The van der Waals surface area contributed by atoms with Crippen LogP contribution in [0.4, 0.5) is 4.79 Å². The highest BCUT2D eigenvalue weighted by Crippen LogP contribution is 2.14. The average Bonchev–Trinajstić information content (AvgIpc) is 2.58. The number of methoxy groups -OCH3 is 1. The van der Waals surface area contributed by atoms with Crippen LogP contribution in [-0.4, -0.2) is 47.9 Å². The van der Waals surface area contributed by atoms with Crippen molar-refractivity contribution in [2.45, 2.75) is 32.9 Å². The van der Waals surface area contributed by atoms with Crippen LogP contribution >= 0.6 is 0 Å². The van der Waals surface area contributed by atoms with Gasteiger partial charge in [-0.1, -0.05) is 6.08 Å². The zero-order chi connectivity index (χ0) is 18.4. The molecule has 0 saturated carbocycles. The summed E-state index contributed by atoms with van der Waals surface area (Å²) in [7, 11) is 1.53. The highest BCUT2D eigenvalue weighted by Gasteiger charge is 2.26. The fraction of sp³-hybridized carbons (Fsp3) is 0.471. The van der Waals surface area contributed by atoms with Gasteiger partial charge >= 0.3 is 6.09 Å². The number of nitrogens with zero attached hydrogens (tertiary/aromatic N) is 2. The van der Waals surface area contributed by atoms with Gasteiger partial charge in [0.15, 0.2) is 0 Å². The first kappa shape index (κ1) is 18.7. The molecular formula is C17H23N3O5. The summed E-state index contributed by atoms with van der Waals surface area (Å²) >= 11 is 0. The van der Waals surface area contributed by atoms with E-state index in [0.717, 1.165) is 10.6 Å². The van der Waals surface area contributed by atoms with Crippen molar-refractivity contribution < 1.29 is 23.9 Å². The second-order valence-electron chi connectivity index (χ2n) is 6.43. The Kier molecular flexibility index (Phi) is 5.97. The summed E-state index contributed by atoms with van der Waals surface area (Å²) in [4.78, 5) is 33.4. The molecule has 0 aromatic carbocycles. The second-order valence-corrected chi connectivity index (χ2v) is 6.43. The Balaban J connectivity index is 1.86. The molecule has 1 aliphatic heterocycles. The van der Waals surface area contributed by atoms with E-state index >= 15 is 0 Å². The van der Waals surface area contributed by atoms with Crippen molar-refractivity contribution in [3.8, 4) is 5.88 Å². The highest BCUT2D eigenvalue weighted by molar-refractivity contribution is 5.93. The Morgan fingerprint density at radius 3 is 2.76 bits per heavy atom. The largest absolute Gasteiger partial charge is 0.481 e. The summed E-state index contributed by atoms with van der Waals surface area (Å²) < 4.78 is 10.3. The maximum Gasteiger partial charge on any atom is 0.434 e. The van der Waals surface area contributed by atoms with Crippen molar-refractivity contribution in [3.63, 3.8) is 0 Å². The Bertz CT molecular complexity index is 666. The summed E-state index contributed by atoms with van der Waals surface area (Å²) in [5, 5.41) is 3.89. The maximum absolute atomic E-state index is 12.2. The van der Waals surface area contributed by atoms with E-state index in [4.69, 9.17) is 14.3 Å². The van der Waals surface area contributed by atoms with Gasteiger partial charge in [0.1, 0.15) is 12.2 Å². The lowest BCUT2D eigenvalue weighted by atomic mass is 10.2. The van der Waals surface area contributed by atoms with E-state index in [9.17, 15) is 9.59 Å². The maximum atomic E-state index is 12.2. The number of aromatic nitrogens is 1. The number of pyridine rings is 1. The van der Waals surface area contributed by atoms with Crippen LogP contribution in [0.3, 0.4) is 0 Å². The number of ether oxygens (including phenoxy) is 2. The van der Waals surface area contributed by atoms with Gasteiger partial charge in [0, 0.05) is 24.4 Å². The molecule has 1 N–H and O–H groups in total. The van der Waals surface area contributed by atoms with Crippen LogP contribution in [0.1, 0.15) is 26.3 Å². The van der Waals surface area contributed by atoms with E-state index in [-0.39, 0.29) is 19.1 Å². The van der Waals surface area contributed by atoms with Gasteiger partial charge in [-0.25, -0.2) is 9.78 Å². The molecule has 0 aliphatic carbocycles. The third kappa shape index (κ3) is 5.75. The van der Waals surface area contributed by atoms with Crippen molar-refractivity contribution in [3.05, 3.63) is 35.5 Å². The second kappa shape index (κ2) is 7.98. The normalized spacial score (nSPS) is 14.6. The molecule has 1 aromatic rings. The first-order chi connectivity index (χ1) is 11.8. The molecule has 25 heavy (non-hydrogen) atoms. The van der Waals surface area contributed by atoms with E-state index in [0.29, 0.717) is 18.0 Å². The molecule has 8 heteroatoms. The summed E-state index contributed by atoms with van der Waals surface area (Å²) in [5.41, 5.74) is 0.724. The molecule has 0 unspecified atom stereocenters. The van der Waals surface area contributed by atoms with Crippen LogP contribution in [0.5, 0.6) is 5.88 Å². The molecule has 0 radical (unpaired) electrons. The standard InChI is InChI=1S/C17H23N3O5/c1-17(2,3)25-16(22)20-8-6-13(11-24-20)15(21)19-10-12-5-7-18-14(9-12)23-4/h5-7,9H,8,10-11H2,1-4H3,(H,19,21). The molecule has 0 bridgehead atoms. The summed E-state index contributed by atoms with van der Waals surface area (Å²) in [5.74, 6) is 0.236. The van der Waals surface area contributed by atoms with Crippen molar-refractivity contribution in [1.82, 2.24) is 15.4 Å². The zero-order valence-electron chi connectivity index (χ0n) is 14.9. The average molecular weight is 349 g/mol. The Labute approximate surface area is 146 Å². The predicted molar refractivity (Wildman–Crippen MR) is 89.6 cm³/mol. The van der Waals surface area contributed by atoms with Crippen LogP contribution in [0.15, 0.2) is 30.0 Å². The number of rotatable bonds is 4. The molecule has 0 atom stereocenters. The SMILES string of the molecule is COc1cc(CNC(=O)C2=CCN(C(=O)OC(C)(C)C)OC2)ccn1. The van der Waals surface area contributed by atoms with Gasteiger partial charge in [-0.3, -0.25) is 9.63 Å². The molecular weight excluding hydrogens is 326 g/mol. The fourth-order valence-electron chi connectivity index (χ4n) is 2.02. The lowest BCUT2D eigenvalue weighted by Gasteiger charge is -2.28. The zero-order valence-corrected chi connectivity index (χ0v) is 14.9. The lowest BCUT2D eigenvalue weighted by molar-refractivity contribution is -0.144. The van der Waals surface area contributed by atoms with Crippen molar-refractivity contribution in [1.29, 1.82) is 0 Å². The van der Waals surface area contributed by atoms with E-state index in [1.807, 2.05) is 0 Å². The number of carbonyl (C=O) groups is 2. The number of nitrogens with one attached hydrogen (secondary N) is 1. The number of hydrogen-bond acceptors (Lipinski definition) is 6. The van der Waals surface area contributed by atoms with Crippen LogP contribution in [-0.2, 0) is 20.9 Å². The molecule has 1 aliphatic rings. The Morgan fingerprint density at radius 1 is 1.40 bits per heavy atom. The first-order valence-corrected chi connectivity index (χ1v) is 7.88. The highest BCUT2D eigenvalue weighted by atomic mass is 16.7. The van der Waals surface area contributed by atoms with Crippen LogP contribution < -0.4 is 10.1 Å². The number of carbonyl (C=O) groups excluding carboxylic acids is 2. The van der Waals surface area contributed by atoms with Gasteiger partial charge in [0.25, 0.3) is 0 Å². The molecule has 2 rings (SSSR count). The Morgan fingerprint density at radius 2 is 2.16 bits per heavy atom. The van der Waals surface area contributed by atoms with E-state index < -0.39 is 11.7 Å². The van der Waals surface area contributed by atoms with Gasteiger partial charge in [-0.2, -0.15) is 5.06 Å². The molecule has 2 amide bonds. The monoisotopic (exact) mass is 349 g/mol. The topological polar surface area (TPSA) is 90.0 Å². The lowest BCUT2D eigenvalue weighted by Crippen LogP contribution is -2.41. The quantitative estimate of drug-likeness (QED) is 0.892. The third-order valence-corrected chi connectivity index (χ3v) is 3.23.